The van der Waals surface area contributed by atoms with Gasteiger partial charge in [-0.25, -0.2) is 0 Å². The summed E-state index contributed by atoms with van der Waals surface area (Å²) < 4.78 is 17.2. The van der Waals surface area contributed by atoms with Gasteiger partial charge < -0.3 is 24.4 Å². The summed E-state index contributed by atoms with van der Waals surface area (Å²) in [6, 6.07) is 0. The van der Waals surface area contributed by atoms with Gasteiger partial charge in [-0.1, -0.05) is 172 Å². The lowest BCUT2D eigenvalue weighted by Gasteiger charge is -2.36. The zero-order valence-corrected chi connectivity index (χ0v) is 40.9. The molecular formula is C55H90O7. The number of esters is 2. The number of carbonyl (C=O) groups is 2. The predicted molar refractivity (Wildman–Crippen MR) is 260 cm³/mol. The van der Waals surface area contributed by atoms with Gasteiger partial charge in [0, 0.05) is 25.9 Å². The summed E-state index contributed by atoms with van der Waals surface area (Å²) in [5.41, 5.74) is 0.933. The molecule has 352 valence electrons. The molecule has 0 aliphatic carbocycles. The molecule has 0 aromatic rings. The van der Waals surface area contributed by atoms with Gasteiger partial charge in [0.15, 0.2) is 0 Å². The number of methoxy groups -OCH3 is 1. The second-order valence-corrected chi connectivity index (χ2v) is 18.6. The lowest BCUT2D eigenvalue weighted by atomic mass is 9.70. The maximum absolute atomic E-state index is 13.6. The summed E-state index contributed by atoms with van der Waals surface area (Å²) in [5, 5.41) is 21.7. The average molecular weight is 863 g/mol. The molecule has 1 aliphatic heterocycles. The molecule has 7 heteroatoms. The Hall–Kier alpha value is -3.26. The highest BCUT2D eigenvalue weighted by Gasteiger charge is 2.32. The number of cyclic esters (lactones) is 1. The molecule has 0 saturated carbocycles. The molecule has 62 heavy (non-hydrogen) atoms. The van der Waals surface area contributed by atoms with Crippen molar-refractivity contribution in [3.8, 4) is 0 Å². The van der Waals surface area contributed by atoms with Crippen molar-refractivity contribution in [3.63, 3.8) is 0 Å². The summed E-state index contributed by atoms with van der Waals surface area (Å²) in [5.74, 6) is 2.32. The second kappa shape index (κ2) is 34.2. The standard InChI is InChI=1S/C55H90O7/c1-12-37-61-54(58)36-35-42(3)38-50(56)31-25-19-17-15-13-14-16-18-23-29-41(2)39-52(57)49(10)53-34-28-22-27-33-51(60-11)32-26-21-20-24-30-43(4)45(6)47(8)48(9)46(7)44(5)40-55(59)62-53/h13-21,23-26,29,39,42-53,56-57H,12,22,27-28,30-38,40H2,1-11H3/b14-13+,17-15+,18-16+,24-20+,25-19+,26-21-,29-23+,41-39+. The minimum Gasteiger partial charge on any atom is -0.466 e. The Labute approximate surface area is 379 Å². The Morgan fingerprint density at radius 2 is 1.42 bits per heavy atom. The highest BCUT2D eigenvalue weighted by atomic mass is 16.5. The first-order chi connectivity index (χ1) is 29.6. The summed E-state index contributed by atoms with van der Waals surface area (Å²) in [7, 11) is 1.79. The molecule has 1 rings (SSSR count). The van der Waals surface area contributed by atoms with Crippen molar-refractivity contribution in [1.82, 2.24) is 0 Å². The average Bonchev–Trinajstić information content (AvgIpc) is 3.24. The maximum Gasteiger partial charge on any atom is 0.306 e. The lowest BCUT2D eigenvalue weighted by Crippen LogP contribution is -2.34. The van der Waals surface area contributed by atoms with Crippen LogP contribution in [0.25, 0.3) is 0 Å². The first kappa shape index (κ1) is 56.8. The highest BCUT2D eigenvalue weighted by molar-refractivity contribution is 5.70. The van der Waals surface area contributed by atoms with E-state index in [9.17, 15) is 19.8 Å². The number of hydrogen-bond acceptors (Lipinski definition) is 7. The van der Waals surface area contributed by atoms with E-state index in [1.54, 1.807) is 7.11 Å². The molecule has 1 heterocycles. The minimum atomic E-state index is -0.761. The molecule has 0 aromatic carbocycles. The van der Waals surface area contributed by atoms with Crippen LogP contribution >= 0.6 is 0 Å². The van der Waals surface area contributed by atoms with Crippen LogP contribution in [0, 0.1) is 47.3 Å². The van der Waals surface area contributed by atoms with Gasteiger partial charge in [0.25, 0.3) is 0 Å². The van der Waals surface area contributed by atoms with E-state index < -0.39 is 12.2 Å². The number of carbonyl (C=O) groups excluding carboxylic acids is 2. The minimum absolute atomic E-state index is 0.160. The summed E-state index contributed by atoms with van der Waals surface area (Å²) in [6.07, 6.45) is 38.9. The topological polar surface area (TPSA) is 102 Å². The fraction of sp³-hybridized carbons (Fsp3) is 0.673. The van der Waals surface area contributed by atoms with Gasteiger partial charge in [0.1, 0.15) is 6.10 Å². The van der Waals surface area contributed by atoms with Crippen LogP contribution in [0.1, 0.15) is 153 Å². The number of aliphatic hydroxyl groups is 2. The Bertz CT molecular complexity index is 1450. The van der Waals surface area contributed by atoms with E-state index in [1.165, 1.54) is 0 Å². The van der Waals surface area contributed by atoms with E-state index in [1.807, 2.05) is 87.6 Å². The molecular weight excluding hydrogens is 773 g/mol. The zero-order chi connectivity index (χ0) is 46.3. The Morgan fingerprint density at radius 3 is 2.06 bits per heavy atom. The first-order valence-corrected chi connectivity index (χ1v) is 24.2. The van der Waals surface area contributed by atoms with Crippen LogP contribution in [-0.4, -0.2) is 60.3 Å². The van der Waals surface area contributed by atoms with Gasteiger partial charge >= 0.3 is 11.9 Å². The fourth-order valence-electron chi connectivity index (χ4n) is 8.14. The summed E-state index contributed by atoms with van der Waals surface area (Å²) >= 11 is 0. The van der Waals surface area contributed by atoms with Crippen LogP contribution in [0.3, 0.4) is 0 Å². The van der Waals surface area contributed by atoms with Crippen molar-refractivity contribution in [1.29, 1.82) is 0 Å². The van der Waals surface area contributed by atoms with Gasteiger partial charge in [-0.05, 0) is 106 Å². The van der Waals surface area contributed by atoms with E-state index in [-0.39, 0.29) is 41.9 Å². The van der Waals surface area contributed by atoms with E-state index in [0.29, 0.717) is 68.3 Å². The number of allylic oxidation sites excluding steroid dienone is 13. The van der Waals surface area contributed by atoms with E-state index in [4.69, 9.17) is 14.2 Å². The first-order valence-electron chi connectivity index (χ1n) is 24.2. The Balaban J connectivity index is 2.83. The number of rotatable bonds is 18. The number of hydrogen-bond donors (Lipinski definition) is 2. The van der Waals surface area contributed by atoms with Crippen molar-refractivity contribution in [2.75, 3.05) is 13.7 Å². The van der Waals surface area contributed by atoms with Crippen LogP contribution in [-0.2, 0) is 23.8 Å². The third-order valence-electron chi connectivity index (χ3n) is 13.4. The van der Waals surface area contributed by atoms with Gasteiger partial charge in [0.05, 0.1) is 24.9 Å². The third-order valence-corrected chi connectivity index (χ3v) is 13.4. The number of aliphatic hydroxyl groups excluding tert-OH is 2. The Morgan fingerprint density at radius 1 is 0.823 bits per heavy atom. The van der Waals surface area contributed by atoms with E-state index in [0.717, 1.165) is 56.9 Å². The second-order valence-electron chi connectivity index (χ2n) is 18.6. The Kier molecular flexibility index (Phi) is 31.3. The fourth-order valence-corrected chi connectivity index (χ4v) is 8.14. The molecule has 0 saturated heterocycles. The molecule has 0 amide bonds. The molecule has 2 N–H and O–H groups in total. The van der Waals surface area contributed by atoms with Gasteiger partial charge in [0.2, 0.25) is 0 Å². The monoisotopic (exact) mass is 863 g/mol. The molecule has 0 bridgehead atoms. The van der Waals surface area contributed by atoms with Gasteiger partial charge in [-0.2, -0.15) is 0 Å². The summed E-state index contributed by atoms with van der Waals surface area (Å²) in [4.78, 5) is 25.3. The lowest BCUT2D eigenvalue weighted by molar-refractivity contribution is -0.155. The predicted octanol–water partition coefficient (Wildman–Crippen LogP) is 13.2. The van der Waals surface area contributed by atoms with Crippen molar-refractivity contribution in [3.05, 3.63) is 96.7 Å². The smallest absolute Gasteiger partial charge is 0.306 e. The molecule has 7 nitrogen and oxygen atoms in total. The molecule has 0 aromatic heterocycles. The van der Waals surface area contributed by atoms with Gasteiger partial charge in [-0.3, -0.25) is 9.59 Å². The largest absolute Gasteiger partial charge is 0.466 e. The quantitative estimate of drug-likeness (QED) is 0.104. The van der Waals surface area contributed by atoms with E-state index in [2.05, 4.69) is 72.8 Å². The molecule has 12 atom stereocenters. The van der Waals surface area contributed by atoms with E-state index >= 15 is 0 Å². The maximum atomic E-state index is 13.6. The summed E-state index contributed by atoms with van der Waals surface area (Å²) in [6.45, 7) is 22.4. The molecule has 0 spiro atoms. The van der Waals surface area contributed by atoms with Crippen LogP contribution in [0.2, 0.25) is 0 Å². The van der Waals surface area contributed by atoms with Crippen LogP contribution in [0.5, 0.6) is 0 Å². The zero-order valence-electron chi connectivity index (χ0n) is 40.9. The molecule has 0 fully saturated rings. The molecule has 0 radical (unpaired) electrons. The van der Waals surface area contributed by atoms with Gasteiger partial charge in [-0.15, -0.1) is 0 Å². The normalized spacial score (nSPS) is 29.3. The highest BCUT2D eigenvalue weighted by Crippen LogP contribution is 2.36. The van der Waals surface area contributed by atoms with Crippen LogP contribution in [0.15, 0.2) is 96.7 Å². The third kappa shape index (κ3) is 25.8. The van der Waals surface area contributed by atoms with Crippen molar-refractivity contribution >= 4 is 11.9 Å². The van der Waals surface area contributed by atoms with Crippen molar-refractivity contribution < 1.29 is 34.0 Å². The SMILES string of the molecule is CCCOC(=O)CCC(C)CC(O)C/C=C/C=C/C=C/C=C/C=C/C(C)=C/C(O)C(C)C1CCCCCC(OC)C/C=C\C=C\CC(C)C(C)C(C)C(C)C(C)C(C)CC(=O)O1. The van der Waals surface area contributed by atoms with Crippen LogP contribution < -0.4 is 0 Å². The molecule has 1 aliphatic rings. The van der Waals surface area contributed by atoms with Crippen molar-refractivity contribution in [2.24, 2.45) is 47.3 Å². The van der Waals surface area contributed by atoms with Crippen molar-refractivity contribution in [2.45, 2.75) is 177 Å². The number of ether oxygens (including phenoxy) is 3. The molecule has 12 unspecified atom stereocenters. The van der Waals surface area contributed by atoms with Crippen LogP contribution in [0.4, 0.5) is 0 Å².